The first-order chi connectivity index (χ1) is 16.4. The number of carbonyl (C=O) groups is 2. The van der Waals surface area contributed by atoms with E-state index in [1.165, 1.54) is 17.2 Å². The molecule has 34 heavy (non-hydrogen) atoms. The molecular weight excluding hydrogens is 469 g/mol. The van der Waals surface area contributed by atoms with Crippen LogP contribution in [0.25, 0.3) is 6.08 Å². The van der Waals surface area contributed by atoms with Crippen LogP contribution in [0, 0.1) is 5.92 Å². The fraction of sp³-hybridized carbons (Fsp3) is 0.407. The van der Waals surface area contributed by atoms with Gasteiger partial charge in [0.2, 0.25) is 5.91 Å². The number of piperidine rings is 1. The van der Waals surface area contributed by atoms with Crippen molar-refractivity contribution in [2.75, 3.05) is 32.7 Å². The quantitative estimate of drug-likeness (QED) is 0.669. The number of fused-ring (bicyclic) bond motifs is 2. The van der Waals surface area contributed by atoms with Crippen molar-refractivity contribution in [3.05, 3.63) is 75.3 Å². The van der Waals surface area contributed by atoms with Crippen molar-refractivity contribution in [2.24, 2.45) is 5.92 Å². The van der Waals surface area contributed by atoms with Crippen molar-refractivity contribution >= 4 is 41.1 Å². The van der Waals surface area contributed by atoms with Crippen molar-refractivity contribution in [3.8, 4) is 0 Å². The summed E-state index contributed by atoms with van der Waals surface area (Å²) in [6.45, 7) is 5.84. The summed E-state index contributed by atoms with van der Waals surface area (Å²) in [5.41, 5.74) is 3.34. The van der Waals surface area contributed by atoms with Gasteiger partial charge in [-0.2, -0.15) is 0 Å². The molecule has 2 fully saturated rings. The summed E-state index contributed by atoms with van der Waals surface area (Å²) in [4.78, 5) is 29.6. The minimum absolute atomic E-state index is 0.0209. The molecule has 1 spiro atoms. The van der Waals surface area contributed by atoms with Crippen molar-refractivity contribution in [3.63, 3.8) is 0 Å². The van der Waals surface area contributed by atoms with E-state index in [-0.39, 0.29) is 23.8 Å². The Morgan fingerprint density at radius 2 is 1.91 bits per heavy atom. The Hall–Kier alpha value is -2.34. The third-order valence-corrected chi connectivity index (χ3v) is 8.58. The van der Waals surface area contributed by atoms with E-state index >= 15 is 0 Å². The Kier molecular flexibility index (Phi) is 6.45. The van der Waals surface area contributed by atoms with Crippen LogP contribution in [0.15, 0.2) is 48.5 Å². The smallest absolute Gasteiger partial charge is 0.251 e. The zero-order chi connectivity index (χ0) is 23.9. The summed E-state index contributed by atoms with van der Waals surface area (Å²) in [6, 6.07) is 13.8. The molecule has 2 amide bonds. The Balaban J connectivity index is 1.14. The predicted molar refractivity (Wildman–Crippen MR) is 136 cm³/mol. The normalized spacial score (nSPS) is 26.1. The van der Waals surface area contributed by atoms with Gasteiger partial charge in [-0.15, -0.1) is 0 Å². The molecule has 5 rings (SSSR count). The third kappa shape index (κ3) is 4.26. The molecule has 0 saturated carbocycles. The fourth-order valence-electron chi connectivity index (χ4n) is 5.83. The van der Waals surface area contributed by atoms with Crippen LogP contribution < -0.4 is 5.32 Å². The lowest BCUT2D eigenvalue weighted by Crippen LogP contribution is -2.51. The van der Waals surface area contributed by atoms with Gasteiger partial charge in [0.25, 0.3) is 5.91 Å². The molecule has 3 atom stereocenters. The number of amides is 2. The van der Waals surface area contributed by atoms with Gasteiger partial charge in [-0.05, 0) is 54.6 Å². The number of carbonyl (C=O) groups excluding carboxylic acids is 2. The highest BCUT2D eigenvalue weighted by Gasteiger charge is 2.45. The van der Waals surface area contributed by atoms with Gasteiger partial charge in [0, 0.05) is 36.7 Å². The molecular formula is C27H29Cl2N3O2. The highest BCUT2D eigenvalue weighted by molar-refractivity contribution is 6.42. The summed E-state index contributed by atoms with van der Waals surface area (Å²) >= 11 is 11.9. The number of nitrogens with zero attached hydrogens (tertiary/aromatic N) is 2. The average Bonchev–Trinajstić information content (AvgIpc) is 3.48. The van der Waals surface area contributed by atoms with E-state index in [1.807, 2.05) is 4.90 Å². The van der Waals surface area contributed by atoms with Crippen LogP contribution in [0.1, 0.15) is 41.3 Å². The minimum Gasteiger partial charge on any atom is -0.343 e. The summed E-state index contributed by atoms with van der Waals surface area (Å²) < 4.78 is 0. The second-order valence-corrected chi connectivity index (χ2v) is 10.5. The first kappa shape index (κ1) is 23.4. The van der Waals surface area contributed by atoms with Crippen LogP contribution >= 0.6 is 23.2 Å². The van der Waals surface area contributed by atoms with E-state index in [0.29, 0.717) is 34.1 Å². The molecule has 178 valence electrons. The lowest BCUT2D eigenvalue weighted by molar-refractivity contribution is -0.129. The summed E-state index contributed by atoms with van der Waals surface area (Å²) in [5.74, 6) is 0.129. The van der Waals surface area contributed by atoms with E-state index in [1.54, 1.807) is 12.1 Å². The lowest BCUT2D eigenvalue weighted by Gasteiger charge is -2.46. The van der Waals surface area contributed by atoms with E-state index in [0.717, 1.165) is 32.5 Å². The highest BCUT2D eigenvalue weighted by Crippen LogP contribution is 2.47. The summed E-state index contributed by atoms with van der Waals surface area (Å²) in [6.07, 6.45) is 6.77. The van der Waals surface area contributed by atoms with E-state index < -0.39 is 0 Å². The van der Waals surface area contributed by atoms with Crippen LogP contribution in [0.2, 0.25) is 10.0 Å². The molecule has 7 heteroatoms. The molecule has 0 radical (unpaired) electrons. The molecule has 2 aromatic rings. The molecule has 2 heterocycles. The standard InChI is InChI=1S/C27H29Cl2N3O2/c1-18-16-31(13-11-27(18)10-8-19-4-2-3-5-22(19)27)21-9-12-32(17-21)25(33)15-30-26(34)20-6-7-23(28)24(29)14-20/h2-8,10,14,18,21H,9,11-13,15-17H2,1H3,(H,30,34)/t18-,21?,27-/m0/s1. The zero-order valence-electron chi connectivity index (χ0n) is 19.3. The number of rotatable bonds is 4. The first-order valence-corrected chi connectivity index (χ1v) is 12.7. The largest absolute Gasteiger partial charge is 0.343 e. The second kappa shape index (κ2) is 9.37. The number of hydrogen-bond donors (Lipinski definition) is 1. The maximum atomic E-state index is 12.8. The maximum absolute atomic E-state index is 12.8. The Morgan fingerprint density at radius 1 is 1.09 bits per heavy atom. The SMILES string of the molecule is C[C@H]1CN(C2CCN(C(=O)CNC(=O)c3ccc(Cl)c(Cl)c3)C2)CC[C@@]12C=Cc1ccccc12. The molecule has 0 bridgehead atoms. The molecule has 1 N–H and O–H groups in total. The van der Waals surface area contributed by atoms with Gasteiger partial charge in [-0.3, -0.25) is 14.5 Å². The maximum Gasteiger partial charge on any atom is 0.251 e. The Labute approximate surface area is 210 Å². The average molecular weight is 498 g/mol. The first-order valence-electron chi connectivity index (χ1n) is 11.9. The van der Waals surface area contributed by atoms with Gasteiger partial charge in [-0.1, -0.05) is 66.5 Å². The second-order valence-electron chi connectivity index (χ2n) is 9.70. The van der Waals surface area contributed by atoms with Gasteiger partial charge < -0.3 is 10.2 Å². The van der Waals surface area contributed by atoms with Gasteiger partial charge >= 0.3 is 0 Å². The van der Waals surface area contributed by atoms with Gasteiger partial charge in [-0.25, -0.2) is 0 Å². The number of allylic oxidation sites excluding steroid dienone is 1. The predicted octanol–water partition coefficient (Wildman–Crippen LogP) is 4.63. The molecule has 1 aliphatic carbocycles. The molecule has 5 nitrogen and oxygen atoms in total. The zero-order valence-corrected chi connectivity index (χ0v) is 20.8. The molecule has 3 aliphatic rings. The number of halogens is 2. The van der Waals surface area contributed by atoms with Crippen molar-refractivity contribution in [1.29, 1.82) is 0 Å². The molecule has 0 aromatic heterocycles. The van der Waals surface area contributed by atoms with Crippen LogP contribution in [-0.4, -0.2) is 60.4 Å². The summed E-state index contributed by atoms with van der Waals surface area (Å²) in [5, 5.41) is 3.42. The highest BCUT2D eigenvalue weighted by atomic mass is 35.5. The number of benzene rings is 2. The minimum atomic E-state index is -0.331. The van der Waals surface area contributed by atoms with Crippen molar-refractivity contribution in [2.45, 2.75) is 31.2 Å². The molecule has 1 unspecified atom stereocenters. The van der Waals surface area contributed by atoms with Crippen LogP contribution in [0.4, 0.5) is 0 Å². The Morgan fingerprint density at radius 3 is 2.71 bits per heavy atom. The molecule has 2 aliphatic heterocycles. The topological polar surface area (TPSA) is 52.6 Å². The molecule has 2 aromatic carbocycles. The number of likely N-dealkylation sites (tertiary alicyclic amines) is 2. The van der Waals surface area contributed by atoms with Gasteiger partial charge in [0.05, 0.1) is 16.6 Å². The van der Waals surface area contributed by atoms with Gasteiger partial charge in [0.15, 0.2) is 0 Å². The van der Waals surface area contributed by atoms with E-state index in [4.69, 9.17) is 23.2 Å². The number of nitrogens with one attached hydrogen (secondary N) is 1. The van der Waals surface area contributed by atoms with Crippen molar-refractivity contribution < 1.29 is 9.59 Å². The van der Waals surface area contributed by atoms with E-state index in [2.05, 4.69) is 53.6 Å². The molecule has 2 saturated heterocycles. The van der Waals surface area contributed by atoms with E-state index in [9.17, 15) is 9.59 Å². The fourth-order valence-corrected chi connectivity index (χ4v) is 6.13. The monoisotopic (exact) mass is 497 g/mol. The van der Waals surface area contributed by atoms with Crippen LogP contribution in [-0.2, 0) is 10.2 Å². The van der Waals surface area contributed by atoms with Gasteiger partial charge in [0.1, 0.15) is 0 Å². The summed E-state index contributed by atoms with van der Waals surface area (Å²) in [7, 11) is 0. The third-order valence-electron chi connectivity index (χ3n) is 7.84. The lowest BCUT2D eigenvalue weighted by atomic mass is 9.68. The Bertz CT molecular complexity index is 1150. The number of hydrogen-bond acceptors (Lipinski definition) is 3. The van der Waals surface area contributed by atoms with Crippen LogP contribution in [0.5, 0.6) is 0 Å². The van der Waals surface area contributed by atoms with Crippen LogP contribution in [0.3, 0.4) is 0 Å². The van der Waals surface area contributed by atoms with Crippen molar-refractivity contribution in [1.82, 2.24) is 15.1 Å².